The first-order chi connectivity index (χ1) is 12.7. The van der Waals surface area contributed by atoms with E-state index < -0.39 is 19.9 Å². The van der Waals surface area contributed by atoms with E-state index in [0.29, 0.717) is 13.0 Å². The highest BCUT2D eigenvalue weighted by atomic mass is 35.5. The first-order valence-corrected chi connectivity index (χ1v) is 11.8. The van der Waals surface area contributed by atoms with Gasteiger partial charge in [-0.05, 0) is 36.8 Å². The molecule has 0 fully saturated rings. The van der Waals surface area contributed by atoms with Crippen molar-refractivity contribution < 1.29 is 16.8 Å². The topological polar surface area (TPSA) is 98.1 Å². The van der Waals surface area contributed by atoms with Crippen molar-refractivity contribution in [1.82, 2.24) is 14.3 Å². The van der Waals surface area contributed by atoms with Gasteiger partial charge in [0, 0.05) is 19.3 Å². The van der Waals surface area contributed by atoms with Crippen LogP contribution in [0.2, 0.25) is 5.02 Å². The van der Waals surface area contributed by atoms with Gasteiger partial charge in [0.05, 0.1) is 27.3 Å². The van der Waals surface area contributed by atoms with Crippen LogP contribution in [0.3, 0.4) is 0 Å². The van der Waals surface area contributed by atoms with Crippen molar-refractivity contribution in [1.29, 1.82) is 0 Å². The predicted octanol–water partition coefficient (Wildman–Crippen LogP) is 2.46. The number of sulfone groups is 1. The molecule has 0 spiro atoms. The molecule has 0 aliphatic heterocycles. The molecule has 10 heteroatoms. The first-order valence-electron chi connectivity index (χ1n) is 8.08. The van der Waals surface area contributed by atoms with Crippen LogP contribution in [-0.4, -0.2) is 39.2 Å². The molecule has 0 bridgehead atoms. The van der Waals surface area contributed by atoms with Crippen LogP contribution in [0.5, 0.6) is 0 Å². The van der Waals surface area contributed by atoms with E-state index >= 15 is 0 Å². The highest BCUT2D eigenvalue weighted by Crippen LogP contribution is 2.24. The van der Waals surface area contributed by atoms with Gasteiger partial charge in [0.1, 0.15) is 4.90 Å². The summed E-state index contributed by atoms with van der Waals surface area (Å²) in [5.41, 5.74) is 1.85. The Labute approximate surface area is 163 Å². The fourth-order valence-electron chi connectivity index (χ4n) is 2.64. The molecule has 2 aromatic carbocycles. The van der Waals surface area contributed by atoms with E-state index in [-0.39, 0.29) is 21.4 Å². The summed E-state index contributed by atoms with van der Waals surface area (Å²) < 4.78 is 52.7. The van der Waals surface area contributed by atoms with Crippen molar-refractivity contribution in [2.45, 2.75) is 22.8 Å². The van der Waals surface area contributed by atoms with E-state index in [1.807, 2.05) is 28.8 Å². The van der Waals surface area contributed by atoms with Gasteiger partial charge in [0.15, 0.2) is 9.84 Å². The molecule has 0 radical (unpaired) electrons. The second-order valence-corrected chi connectivity index (χ2v) is 10.2. The Kier molecular flexibility index (Phi) is 5.57. The number of hydrogen-bond acceptors (Lipinski definition) is 5. The van der Waals surface area contributed by atoms with Crippen LogP contribution >= 0.6 is 11.6 Å². The molecule has 0 aliphatic carbocycles. The molecule has 7 nitrogen and oxygen atoms in total. The third-order valence-corrected chi connectivity index (χ3v) is 7.07. The van der Waals surface area contributed by atoms with Crippen molar-refractivity contribution in [3.8, 4) is 0 Å². The molecule has 0 saturated carbocycles. The number of rotatable bonds is 7. The molecular weight excluding hydrogens is 410 g/mol. The smallest absolute Gasteiger partial charge is 0.242 e. The second-order valence-electron chi connectivity index (χ2n) is 6.04. The molecule has 0 saturated heterocycles. The summed E-state index contributed by atoms with van der Waals surface area (Å²) in [6.45, 7) is 0.758. The number of fused-ring (bicyclic) bond motifs is 1. The predicted molar refractivity (Wildman–Crippen MR) is 104 cm³/mol. The number of hydrogen-bond donors (Lipinski definition) is 1. The zero-order valence-electron chi connectivity index (χ0n) is 14.5. The zero-order chi connectivity index (χ0) is 19.7. The van der Waals surface area contributed by atoms with Crippen LogP contribution in [0, 0.1) is 0 Å². The van der Waals surface area contributed by atoms with Gasteiger partial charge in [0.2, 0.25) is 10.0 Å². The van der Waals surface area contributed by atoms with Crippen molar-refractivity contribution in [3.63, 3.8) is 0 Å². The molecule has 1 aromatic heterocycles. The van der Waals surface area contributed by atoms with E-state index in [1.54, 1.807) is 6.33 Å². The lowest BCUT2D eigenvalue weighted by Crippen LogP contribution is -2.26. The summed E-state index contributed by atoms with van der Waals surface area (Å²) in [5, 5.41) is -0.0319. The lowest BCUT2D eigenvalue weighted by molar-refractivity contribution is 0.571. The first kappa shape index (κ1) is 19.8. The number of nitrogens with zero attached hydrogens (tertiary/aromatic N) is 2. The van der Waals surface area contributed by atoms with E-state index in [2.05, 4.69) is 9.71 Å². The van der Waals surface area contributed by atoms with Crippen molar-refractivity contribution >= 4 is 42.5 Å². The Bertz CT molecular complexity index is 1190. The lowest BCUT2D eigenvalue weighted by Gasteiger charge is -2.10. The Hall–Kier alpha value is -1.94. The summed E-state index contributed by atoms with van der Waals surface area (Å²) >= 11 is 5.96. The van der Waals surface area contributed by atoms with Crippen LogP contribution < -0.4 is 4.72 Å². The molecule has 0 aliphatic rings. The molecule has 3 rings (SSSR count). The highest BCUT2D eigenvalue weighted by molar-refractivity contribution is 7.91. The normalized spacial score (nSPS) is 12.5. The number of nitrogens with one attached hydrogen (secondary N) is 1. The summed E-state index contributed by atoms with van der Waals surface area (Å²) in [7, 11) is -7.47. The summed E-state index contributed by atoms with van der Waals surface area (Å²) in [5.74, 6) is 0. The Morgan fingerprint density at radius 1 is 1.11 bits per heavy atom. The quantitative estimate of drug-likeness (QED) is 0.584. The van der Waals surface area contributed by atoms with Crippen LogP contribution in [-0.2, 0) is 26.4 Å². The number of benzene rings is 2. The van der Waals surface area contributed by atoms with Crippen molar-refractivity contribution in [2.75, 3.05) is 12.8 Å². The van der Waals surface area contributed by atoms with E-state index in [0.717, 1.165) is 23.4 Å². The molecule has 1 heterocycles. The molecule has 1 N–H and O–H groups in total. The van der Waals surface area contributed by atoms with E-state index in [1.165, 1.54) is 12.1 Å². The number of aromatic nitrogens is 2. The Morgan fingerprint density at radius 2 is 1.85 bits per heavy atom. The minimum Gasteiger partial charge on any atom is -0.331 e. The van der Waals surface area contributed by atoms with Gasteiger partial charge in [-0.2, -0.15) is 0 Å². The maximum atomic E-state index is 12.5. The molecule has 0 atom stereocenters. The second kappa shape index (κ2) is 7.59. The number of para-hydroxylation sites is 2. The number of sulfonamides is 1. The van der Waals surface area contributed by atoms with Crippen LogP contribution in [0.4, 0.5) is 0 Å². The average molecular weight is 428 g/mol. The molecule has 27 heavy (non-hydrogen) atoms. The maximum Gasteiger partial charge on any atom is 0.242 e. The molecular formula is C17H18ClN3O4S2. The average Bonchev–Trinajstić information content (AvgIpc) is 3.01. The standard InChI is InChI=1S/C17H18ClN3O4S2/c1-26(22,23)13-7-8-14(18)17(11-13)27(24,25)20-9-4-10-21-12-19-15-5-2-3-6-16(15)21/h2-3,5-8,11-12,20H,4,9-10H2,1H3. The maximum absolute atomic E-state index is 12.5. The Balaban J connectivity index is 1.69. The summed E-state index contributed by atoms with van der Waals surface area (Å²) in [6, 6.07) is 11.3. The SMILES string of the molecule is CS(=O)(=O)c1ccc(Cl)c(S(=O)(=O)NCCCn2cnc3ccccc32)c1. The van der Waals surface area contributed by atoms with E-state index in [9.17, 15) is 16.8 Å². The molecule has 0 unspecified atom stereocenters. The van der Waals surface area contributed by atoms with Gasteiger partial charge in [-0.25, -0.2) is 26.5 Å². The van der Waals surface area contributed by atoms with Gasteiger partial charge in [-0.1, -0.05) is 23.7 Å². The third kappa shape index (κ3) is 4.49. The van der Waals surface area contributed by atoms with Crippen molar-refractivity contribution in [3.05, 3.63) is 53.8 Å². The van der Waals surface area contributed by atoms with Gasteiger partial charge in [-0.15, -0.1) is 0 Å². The van der Waals surface area contributed by atoms with Gasteiger partial charge in [-0.3, -0.25) is 0 Å². The molecule has 144 valence electrons. The van der Waals surface area contributed by atoms with Gasteiger partial charge < -0.3 is 4.57 Å². The van der Waals surface area contributed by atoms with E-state index in [4.69, 9.17) is 11.6 Å². The van der Waals surface area contributed by atoms with Crippen LogP contribution in [0.15, 0.2) is 58.6 Å². The fraction of sp³-hybridized carbons (Fsp3) is 0.235. The number of imidazole rings is 1. The highest BCUT2D eigenvalue weighted by Gasteiger charge is 2.20. The van der Waals surface area contributed by atoms with Crippen molar-refractivity contribution in [2.24, 2.45) is 0 Å². The number of aryl methyl sites for hydroxylation is 1. The van der Waals surface area contributed by atoms with Crippen LogP contribution in [0.25, 0.3) is 11.0 Å². The number of halogens is 1. The van der Waals surface area contributed by atoms with Crippen LogP contribution in [0.1, 0.15) is 6.42 Å². The fourth-order valence-corrected chi connectivity index (χ4v) is 4.96. The monoisotopic (exact) mass is 427 g/mol. The lowest BCUT2D eigenvalue weighted by atomic mass is 10.3. The summed E-state index contributed by atoms with van der Waals surface area (Å²) in [4.78, 5) is 3.94. The molecule has 3 aromatic rings. The Morgan fingerprint density at radius 3 is 2.59 bits per heavy atom. The largest absolute Gasteiger partial charge is 0.331 e. The third-order valence-electron chi connectivity index (χ3n) is 4.02. The van der Waals surface area contributed by atoms with Gasteiger partial charge >= 0.3 is 0 Å². The minimum absolute atomic E-state index is 0.0319. The summed E-state index contributed by atoms with van der Waals surface area (Å²) in [6.07, 6.45) is 3.25. The van der Waals surface area contributed by atoms with Gasteiger partial charge in [0.25, 0.3) is 0 Å². The minimum atomic E-state index is -3.93. The molecule has 0 amide bonds. The zero-order valence-corrected chi connectivity index (χ0v) is 16.9.